The van der Waals surface area contributed by atoms with Crippen molar-refractivity contribution < 1.29 is 19.1 Å². The Hall–Kier alpha value is -2.08. The Bertz CT molecular complexity index is 489. The van der Waals surface area contributed by atoms with Gasteiger partial charge < -0.3 is 15.2 Å². The van der Waals surface area contributed by atoms with Gasteiger partial charge in [-0.05, 0) is 19.1 Å². The predicted molar refractivity (Wildman–Crippen MR) is 68.9 cm³/mol. The lowest BCUT2D eigenvalue weighted by Gasteiger charge is -2.21. The Morgan fingerprint density at radius 1 is 1.53 bits per heavy atom. The van der Waals surface area contributed by atoms with Crippen LogP contribution < -0.4 is 15.4 Å². The van der Waals surface area contributed by atoms with E-state index in [-0.39, 0.29) is 25.7 Å². The lowest BCUT2D eigenvalue weighted by atomic mass is 10.2. The van der Waals surface area contributed by atoms with Gasteiger partial charge in [-0.25, -0.2) is 0 Å². The Balaban J connectivity index is 2.31. The second kappa shape index (κ2) is 5.71. The first-order chi connectivity index (χ1) is 9.13. The zero-order valence-electron chi connectivity index (χ0n) is 10.7. The molecule has 2 N–H and O–H groups in total. The summed E-state index contributed by atoms with van der Waals surface area (Å²) in [6.07, 6.45) is 0. The van der Waals surface area contributed by atoms with E-state index in [1.165, 1.54) is 4.90 Å². The lowest BCUT2D eigenvalue weighted by molar-refractivity contribution is -0.142. The number of carbonyl (C=O) groups excluding carboxylic acids is 2. The van der Waals surface area contributed by atoms with Gasteiger partial charge in [0.1, 0.15) is 24.9 Å². The molecule has 0 aliphatic carbocycles. The molecule has 1 aromatic rings. The topological polar surface area (TPSA) is 81.9 Å². The fourth-order valence-corrected chi connectivity index (χ4v) is 1.87. The van der Waals surface area contributed by atoms with Crippen LogP contribution in [0.3, 0.4) is 0 Å². The van der Waals surface area contributed by atoms with Crippen LogP contribution in [0.4, 0.5) is 5.69 Å². The highest BCUT2D eigenvalue weighted by atomic mass is 16.5. The van der Waals surface area contributed by atoms with E-state index in [4.69, 9.17) is 15.2 Å². The van der Waals surface area contributed by atoms with Crippen LogP contribution in [0.25, 0.3) is 0 Å². The first-order valence-corrected chi connectivity index (χ1v) is 6.08. The molecule has 0 fully saturated rings. The van der Waals surface area contributed by atoms with Crippen molar-refractivity contribution in [2.45, 2.75) is 13.0 Å². The molecule has 0 spiro atoms. The summed E-state index contributed by atoms with van der Waals surface area (Å²) in [5.41, 5.74) is 6.27. The number of ether oxygens (including phenoxy) is 2. The van der Waals surface area contributed by atoms with Gasteiger partial charge >= 0.3 is 5.97 Å². The van der Waals surface area contributed by atoms with E-state index >= 15 is 0 Å². The molecular formula is C13H16N2O4. The van der Waals surface area contributed by atoms with Crippen molar-refractivity contribution in [3.63, 3.8) is 0 Å². The molecule has 19 heavy (non-hydrogen) atoms. The first-order valence-electron chi connectivity index (χ1n) is 6.08. The number of fused-ring (bicyclic) bond motifs is 1. The van der Waals surface area contributed by atoms with Crippen LogP contribution in [0.15, 0.2) is 24.3 Å². The molecule has 1 aromatic carbocycles. The Labute approximate surface area is 111 Å². The number of hydrogen-bond donors (Lipinski definition) is 1. The summed E-state index contributed by atoms with van der Waals surface area (Å²) >= 11 is 0. The molecule has 1 atom stereocenters. The number of carbonyl (C=O) groups is 2. The van der Waals surface area contributed by atoms with Crippen LogP contribution in [-0.4, -0.2) is 37.7 Å². The highest BCUT2D eigenvalue weighted by Gasteiger charge is 2.30. The highest BCUT2D eigenvalue weighted by Crippen LogP contribution is 2.30. The van der Waals surface area contributed by atoms with E-state index in [0.717, 1.165) is 0 Å². The van der Waals surface area contributed by atoms with Crippen molar-refractivity contribution in [1.82, 2.24) is 0 Å². The van der Waals surface area contributed by atoms with E-state index < -0.39 is 12.0 Å². The van der Waals surface area contributed by atoms with Crippen LogP contribution in [0, 0.1) is 0 Å². The molecule has 0 aromatic heterocycles. The van der Waals surface area contributed by atoms with E-state index in [0.29, 0.717) is 11.4 Å². The van der Waals surface area contributed by atoms with Crippen LogP contribution in [-0.2, 0) is 14.3 Å². The third-order valence-corrected chi connectivity index (χ3v) is 2.75. The molecular weight excluding hydrogens is 248 g/mol. The number of nitrogens with two attached hydrogens (primary N) is 1. The van der Waals surface area contributed by atoms with Gasteiger partial charge in [-0.15, -0.1) is 0 Å². The molecule has 102 valence electrons. The number of para-hydroxylation sites is 2. The number of benzene rings is 1. The van der Waals surface area contributed by atoms with Crippen LogP contribution >= 0.6 is 0 Å². The molecule has 6 nitrogen and oxygen atoms in total. The van der Waals surface area contributed by atoms with Crippen LogP contribution in [0.1, 0.15) is 6.92 Å². The summed E-state index contributed by atoms with van der Waals surface area (Å²) in [5.74, 6) is -0.286. The standard InChI is InChI=1S/C13H16N2O4/c1-2-18-12(16)7-15-10-5-3-4-6-11(10)19-8-9(14)13(15)17/h3-6,9H,2,7-8,14H2,1H3/t9-/m0/s1. The summed E-state index contributed by atoms with van der Waals surface area (Å²) in [4.78, 5) is 25.1. The molecule has 6 heteroatoms. The molecule has 0 bridgehead atoms. The molecule has 1 amide bonds. The first kappa shape index (κ1) is 13.4. The fraction of sp³-hybridized carbons (Fsp3) is 0.385. The van der Waals surface area contributed by atoms with Crippen LogP contribution in [0.5, 0.6) is 5.75 Å². The van der Waals surface area contributed by atoms with Crippen molar-refractivity contribution in [1.29, 1.82) is 0 Å². The number of anilines is 1. The van der Waals surface area contributed by atoms with Gasteiger partial charge in [0, 0.05) is 0 Å². The largest absolute Gasteiger partial charge is 0.489 e. The predicted octanol–water partition coefficient (Wildman–Crippen LogP) is 0.302. The molecule has 0 saturated heterocycles. The van der Waals surface area contributed by atoms with Crippen molar-refractivity contribution in [2.24, 2.45) is 5.73 Å². The molecule has 0 unspecified atom stereocenters. The van der Waals surface area contributed by atoms with E-state index in [9.17, 15) is 9.59 Å². The molecule has 1 heterocycles. The van der Waals surface area contributed by atoms with Crippen LogP contribution in [0.2, 0.25) is 0 Å². The number of esters is 1. The highest BCUT2D eigenvalue weighted by molar-refractivity contribution is 6.02. The average Bonchev–Trinajstić information content (AvgIpc) is 2.52. The van der Waals surface area contributed by atoms with Gasteiger partial charge in [-0.2, -0.15) is 0 Å². The van der Waals surface area contributed by atoms with Gasteiger partial charge in [0.15, 0.2) is 0 Å². The third kappa shape index (κ3) is 2.85. The smallest absolute Gasteiger partial charge is 0.326 e. The summed E-state index contributed by atoms with van der Waals surface area (Å²) in [6, 6.07) is 6.22. The van der Waals surface area contributed by atoms with Crippen molar-refractivity contribution in [3.8, 4) is 5.75 Å². The molecule has 2 rings (SSSR count). The number of hydrogen-bond acceptors (Lipinski definition) is 5. The maximum Gasteiger partial charge on any atom is 0.326 e. The third-order valence-electron chi connectivity index (χ3n) is 2.75. The van der Waals surface area contributed by atoms with Gasteiger partial charge in [0.05, 0.1) is 12.3 Å². The fourth-order valence-electron chi connectivity index (χ4n) is 1.87. The normalized spacial score (nSPS) is 18.3. The lowest BCUT2D eigenvalue weighted by Crippen LogP contribution is -2.47. The van der Waals surface area contributed by atoms with Gasteiger partial charge in [-0.3, -0.25) is 14.5 Å². The summed E-state index contributed by atoms with van der Waals surface area (Å²) < 4.78 is 10.3. The quantitative estimate of drug-likeness (QED) is 0.794. The zero-order chi connectivity index (χ0) is 13.8. The molecule has 1 aliphatic heterocycles. The van der Waals surface area contributed by atoms with Gasteiger partial charge in [0.2, 0.25) is 5.91 Å². The summed E-state index contributed by atoms with van der Waals surface area (Å²) in [7, 11) is 0. The Kier molecular flexibility index (Phi) is 4.01. The van der Waals surface area contributed by atoms with Crippen molar-refractivity contribution in [3.05, 3.63) is 24.3 Å². The van der Waals surface area contributed by atoms with E-state index in [2.05, 4.69) is 0 Å². The number of rotatable bonds is 3. The summed E-state index contributed by atoms with van der Waals surface area (Å²) in [5, 5.41) is 0. The van der Waals surface area contributed by atoms with Gasteiger partial charge in [0.25, 0.3) is 0 Å². The monoisotopic (exact) mass is 264 g/mol. The minimum atomic E-state index is -0.790. The maximum absolute atomic E-state index is 12.2. The van der Waals surface area contributed by atoms with E-state index in [1.54, 1.807) is 31.2 Å². The molecule has 0 saturated carbocycles. The second-order valence-corrected chi connectivity index (χ2v) is 4.11. The van der Waals surface area contributed by atoms with Crippen molar-refractivity contribution >= 4 is 17.6 Å². The minimum Gasteiger partial charge on any atom is -0.489 e. The van der Waals surface area contributed by atoms with E-state index in [1.807, 2.05) is 0 Å². The number of nitrogens with zero attached hydrogens (tertiary/aromatic N) is 1. The number of amides is 1. The Morgan fingerprint density at radius 2 is 2.26 bits per heavy atom. The second-order valence-electron chi connectivity index (χ2n) is 4.11. The van der Waals surface area contributed by atoms with Gasteiger partial charge in [-0.1, -0.05) is 12.1 Å². The Morgan fingerprint density at radius 3 is 3.00 bits per heavy atom. The summed E-state index contributed by atoms with van der Waals surface area (Å²) in [6.45, 7) is 1.91. The molecule has 1 aliphatic rings. The van der Waals surface area contributed by atoms with Crippen molar-refractivity contribution in [2.75, 3.05) is 24.7 Å². The zero-order valence-corrected chi connectivity index (χ0v) is 10.7. The minimum absolute atomic E-state index is 0.0924. The average molecular weight is 264 g/mol. The SMILES string of the molecule is CCOC(=O)CN1C(=O)[C@@H](N)COc2ccccc21. The maximum atomic E-state index is 12.2. The molecule has 0 radical (unpaired) electrons.